The number of nitrogens with zero attached hydrogens (tertiary/aromatic N) is 3. The second-order valence-electron chi connectivity index (χ2n) is 7.64. The highest BCUT2D eigenvalue weighted by Crippen LogP contribution is 2.36. The Kier molecular flexibility index (Phi) is 7.56. The minimum atomic E-state index is -0.689. The fourth-order valence-electron chi connectivity index (χ4n) is 3.63. The number of nitrogens with one attached hydrogen (secondary N) is 1. The molecule has 0 aliphatic heterocycles. The van der Waals surface area contributed by atoms with Gasteiger partial charge in [-0.15, -0.1) is 11.3 Å². The van der Waals surface area contributed by atoms with Crippen LogP contribution in [0, 0.1) is 21.4 Å². The molecular formula is C27H20N4O5S. The van der Waals surface area contributed by atoms with Crippen LogP contribution in [0.25, 0.3) is 22.9 Å². The van der Waals surface area contributed by atoms with E-state index in [4.69, 9.17) is 4.74 Å². The van der Waals surface area contributed by atoms with E-state index in [1.807, 2.05) is 36.4 Å². The summed E-state index contributed by atoms with van der Waals surface area (Å²) in [7, 11) is 0. The third-order valence-electron chi connectivity index (χ3n) is 5.36. The van der Waals surface area contributed by atoms with E-state index in [-0.39, 0.29) is 28.4 Å². The van der Waals surface area contributed by atoms with Crippen molar-refractivity contribution in [3.8, 4) is 22.9 Å². The topological polar surface area (TPSA) is 127 Å². The average molecular weight is 513 g/mol. The number of nitro groups is 1. The van der Waals surface area contributed by atoms with E-state index in [0.29, 0.717) is 16.9 Å². The van der Waals surface area contributed by atoms with Crippen molar-refractivity contribution in [1.29, 1.82) is 5.26 Å². The average Bonchev–Trinajstić information content (AvgIpc) is 3.55. The molecule has 4 rings (SSSR count). The van der Waals surface area contributed by atoms with Crippen LogP contribution in [-0.2, 0) is 9.53 Å². The standard InChI is InChI=1S/C27H20N4O5S/c1-2-36-27(33)24-23(18-7-4-3-5-8-18)17-37-26(24)29-25(32)19(16-28)15-22-9-6-14-30(22)20-10-12-21(13-11-20)31(34)35/h3-15,17H,2H2,1H3,(H,29,32)/b19-15-. The quantitative estimate of drug-likeness (QED) is 0.104. The predicted molar refractivity (Wildman–Crippen MR) is 140 cm³/mol. The summed E-state index contributed by atoms with van der Waals surface area (Å²) in [5.74, 6) is -1.27. The van der Waals surface area contributed by atoms with Gasteiger partial charge in [0.05, 0.1) is 11.5 Å². The number of benzene rings is 2. The van der Waals surface area contributed by atoms with Gasteiger partial charge in [0.25, 0.3) is 11.6 Å². The lowest BCUT2D eigenvalue weighted by Gasteiger charge is -2.09. The molecule has 9 nitrogen and oxygen atoms in total. The summed E-state index contributed by atoms with van der Waals surface area (Å²) in [4.78, 5) is 36.3. The number of rotatable bonds is 8. The molecule has 0 saturated carbocycles. The SMILES string of the molecule is CCOC(=O)c1c(-c2ccccc2)csc1NC(=O)/C(C#N)=C\c1cccn1-c1ccc([N+](=O)[O-])cc1. The van der Waals surface area contributed by atoms with Crippen LogP contribution in [0.5, 0.6) is 0 Å². The zero-order valence-corrected chi connectivity index (χ0v) is 20.4. The number of aromatic nitrogens is 1. The first-order valence-electron chi connectivity index (χ1n) is 11.1. The van der Waals surface area contributed by atoms with Crippen molar-refractivity contribution in [1.82, 2.24) is 4.57 Å². The van der Waals surface area contributed by atoms with Crippen molar-refractivity contribution in [2.24, 2.45) is 0 Å². The third kappa shape index (κ3) is 5.47. The Balaban J connectivity index is 1.64. The smallest absolute Gasteiger partial charge is 0.341 e. The van der Waals surface area contributed by atoms with E-state index in [2.05, 4.69) is 5.32 Å². The molecule has 2 heterocycles. The second kappa shape index (κ2) is 11.2. The van der Waals surface area contributed by atoms with Crippen molar-refractivity contribution in [2.45, 2.75) is 6.92 Å². The summed E-state index contributed by atoms with van der Waals surface area (Å²) in [6.07, 6.45) is 3.12. The van der Waals surface area contributed by atoms with Gasteiger partial charge < -0.3 is 14.6 Å². The van der Waals surface area contributed by atoms with E-state index in [1.54, 1.807) is 47.3 Å². The first kappa shape index (κ1) is 25.1. The highest BCUT2D eigenvalue weighted by Gasteiger charge is 2.24. The summed E-state index contributed by atoms with van der Waals surface area (Å²) in [6.45, 7) is 1.86. The van der Waals surface area contributed by atoms with Crippen molar-refractivity contribution in [2.75, 3.05) is 11.9 Å². The Labute approximate surface area is 216 Å². The van der Waals surface area contributed by atoms with E-state index in [9.17, 15) is 25.0 Å². The number of hydrogen-bond acceptors (Lipinski definition) is 7. The Morgan fingerprint density at radius 3 is 2.51 bits per heavy atom. The molecule has 0 unspecified atom stereocenters. The van der Waals surface area contributed by atoms with Gasteiger partial charge in [-0.25, -0.2) is 4.79 Å². The third-order valence-corrected chi connectivity index (χ3v) is 6.25. The van der Waals surface area contributed by atoms with Crippen LogP contribution in [0.15, 0.2) is 83.9 Å². The first-order chi connectivity index (χ1) is 17.9. The number of thiophene rings is 1. The maximum Gasteiger partial charge on any atom is 0.341 e. The summed E-state index contributed by atoms with van der Waals surface area (Å²) in [6, 6.07) is 20.5. The van der Waals surface area contributed by atoms with Crippen LogP contribution >= 0.6 is 11.3 Å². The summed E-state index contributed by atoms with van der Waals surface area (Å²) >= 11 is 1.16. The number of nitriles is 1. The molecule has 0 bridgehead atoms. The van der Waals surface area contributed by atoms with Gasteiger partial charge in [0.15, 0.2) is 0 Å². The molecule has 2 aromatic carbocycles. The minimum Gasteiger partial charge on any atom is -0.462 e. The number of nitro benzene ring substituents is 1. The number of anilines is 1. The van der Waals surface area contributed by atoms with E-state index in [0.717, 1.165) is 16.9 Å². The fourth-order valence-corrected chi connectivity index (χ4v) is 4.59. The number of esters is 1. The largest absolute Gasteiger partial charge is 0.462 e. The lowest BCUT2D eigenvalue weighted by molar-refractivity contribution is -0.384. The van der Waals surface area contributed by atoms with Gasteiger partial charge in [-0.3, -0.25) is 14.9 Å². The summed E-state index contributed by atoms with van der Waals surface area (Å²) in [5, 5.41) is 25.4. The summed E-state index contributed by atoms with van der Waals surface area (Å²) < 4.78 is 6.91. The molecule has 1 N–H and O–H groups in total. The molecule has 184 valence electrons. The van der Waals surface area contributed by atoms with Crippen molar-refractivity contribution >= 4 is 40.0 Å². The molecule has 2 aromatic heterocycles. The monoisotopic (exact) mass is 512 g/mol. The summed E-state index contributed by atoms with van der Waals surface area (Å²) in [5.41, 5.74) is 2.53. The number of carbonyl (C=O) groups is 2. The van der Waals surface area contributed by atoms with Gasteiger partial charge in [-0.1, -0.05) is 30.3 Å². The Bertz CT molecular complexity index is 1530. The first-order valence-corrected chi connectivity index (χ1v) is 12.0. The Morgan fingerprint density at radius 2 is 1.86 bits per heavy atom. The minimum absolute atomic E-state index is 0.0479. The molecule has 0 radical (unpaired) electrons. The maximum absolute atomic E-state index is 13.1. The molecule has 10 heteroatoms. The zero-order chi connectivity index (χ0) is 26.4. The second-order valence-corrected chi connectivity index (χ2v) is 8.52. The molecule has 0 spiro atoms. The van der Waals surface area contributed by atoms with E-state index in [1.165, 1.54) is 18.2 Å². The van der Waals surface area contributed by atoms with Crippen LogP contribution in [0.1, 0.15) is 23.0 Å². The molecule has 0 aliphatic carbocycles. The molecule has 0 atom stereocenters. The van der Waals surface area contributed by atoms with Gasteiger partial charge in [0.1, 0.15) is 22.2 Å². The number of carbonyl (C=O) groups excluding carboxylic acids is 2. The highest BCUT2D eigenvalue weighted by atomic mass is 32.1. The van der Waals surface area contributed by atoms with Gasteiger partial charge >= 0.3 is 5.97 Å². The van der Waals surface area contributed by atoms with Crippen molar-refractivity contribution in [3.05, 3.63) is 105 Å². The van der Waals surface area contributed by atoms with Crippen LogP contribution in [0.3, 0.4) is 0 Å². The van der Waals surface area contributed by atoms with Crippen LogP contribution in [0.4, 0.5) is 10.7 Å². The molecular weight excluding hydrogens is 492 g/mol. The highest BCUT2D eigenvalue weighted by molar-refractivity contribution is 7.15. The molecule has 4 aromatic rings. The van der Waals surface area contributed by atoms with Crippen LogP contribution in [-0.4, -0.2) is 28.0 Å². The predicted octanol–water partition coefficient (Wildman–Crippen LogP) is 5.84. The Morgan fingerprint density at radius 1 is 1.14 bits per heavy atom. The number of amides is 1. The van der Waals surface area contributed by atoms with Crippen molar-refractivity contribution in [3.63, 3.8) is 0 Å². The normalized spacial score (nSPS) is 11.0. The Hall–Kier alpha value is -5.01. The molecule has 0 saturated heterocycles. The molecule has 0 aliphatic rings. The van der Waals surface area contributed by atoms with Crippen LogP contribution < -0.4 is 5.32 Å². The molecule has 37 heavy (non-hydrogen) atoms. The zero-order valence-electron chi connectivity index (χ0n) is 19.6. The lowest BCUT2D eigenvalue weighted by atomic mass is 10.0. The number of non-ortho nitro benzene ring substituents is 1. The fraction of sp³-hybridized carbons (Fsp3) is 0.0741. The van der Waals surface area contributed by atoms with Gasteiger partial charge in [0, 0.05) is 40.7 Å². The van der Waals surface area contributed by atoms with E-state index >= 15 is 0 Å². The number of ether oxygens (including phenoxy) is 1. The van der Waals surface area contributed by atoms with Gasteiger partial charge in [-0.05, 0) is 42.8 Å². The van der Waals surface area contributed by atoms with Gasteiger partial charge in [0.2, 0.25) is 0 Å². The van der Waals surface area contributed by atoms with Crippen molar-refractivity contribution < 1.29 is 19.2 Å². The number of hydrogen-bond donors (Lipinski definition) is 1. The van der Waals surface area contributed by atoms with Crippen LogP contribution in [0.2, 0.25) is 0 Å². The lowest BCUT2D eigenvalue weighted by Crippen LogP contribution is -2.16. The van der Waals surface area contributed by atoms with E-state index < -0.39 is 16.8 Å². The molecule has 1 amide bonds. The van der Waals surface area contributed by atoms with Gasteiger partial charge in [-0.2, -0.15) is 5.26 Å². The molecule has 0 fully saturated rings. The maximum atomic E-state index is 13.1.